The maximum Gasteiger partial charge on any atom is 0.0626 e. The molecule has 3 fully saturated rings. The quantitative estimate of drug-likeness (QED) is 0.729. The Bertz CT molecular complexity index is 327. The van der Waals surface area contributed by atoms with Crippen LogP contribution in [0.3, 0.4) is 0 Å². The van der Waals surface area contributed by atoms with Gasteiger partial charge in [-0.2, -0.15) is 0 Å². The molecule has 0 radical (unpaired) electrons. The zero-order valence-corrected chi connectivity index (χ0v) is 15.1. The van der Waals surface area contributed by atoms with Crippen LogP contribution in [0.5, 0.6) is 0 Å². The molecular weight excluding hydrogens is 282 g/mol. The highest BCUT2D eigenvalue weighted by Crippen LogP contribution is 2.56. The van der Waals surface area contributed by atoms with E-state index in [9.17, 15) is 0 Å². The number of fused-ring (bicyclic) bond motifs is 1. The normalized spacial score (nSPS) is 41.0. The molecule has 0 saturated carbocycles. The van der Waals surface area contributed by atoms with Gasteiger partial charge in [0.1, 0.15) is 0 Å². The van der Waals surface area contributed by atoms with Crippen molar-refractivity contribution in [2.24, 2.45) is 11.8 Å². The van der Waals surface area contributed by atoms with Crippen LogP contribution in [0.15, 0.2) is 0 Å². The Hall–Kier alpha value is 0.660. The minimum Gasteiger partial charge on any atom is -0.297 e. The zero-order chi connectivity index (χ0) is 14.2. The van der Waals surface area contributed by atoms with Gasteiger partial charge in [-0.15, -0.1) is 23.5 Å². The summed E-state index contributed by atoms with van der Waals surface area (Å²) < 4.78 is 0.512. The van der Waals surface area contributed by atoms with E-state index in [0.717, 1.165) is 23.9 Å². The van der Waals surface area contributed by atoms with Gasteiger partial charge in [0.25, 0.3) is 0 Å². The van der Waals surface area contributed by atoms with Crippen LogP contribution in [0, 0.1) is 11.8 Å². The number of nitrogens with zero attached hydrogens (tertiary/aromatic N) is 1. The van der Waals surface area contributed by atoms with Gasteiger partial charge in [0.05, 0.1) is 4.08 Å². The summed E-state index contributed by atoms with van der Waals surface area (Å²) in [5.41, 5.74) is 0. The van der Waals surface area contributed by atoms with Crippen molar-refractivity contribution in [2.45, 2.75) is 75.5 Å². The van der Waals surface area contributed by atoms with Crippen LogP contribution < -0.4 is 0 Å². The van der Waals surface area contributed by atoms with Crippen molar-refractivity contribution in [3.05, 3.63) is 0 Å². The van der Waals surface area contributed by atoms with Gasteiger partial charge < -0.3 is 0 Å². The molecule has 0 aromatic rings. The molecule has 116 valence electrons. The Morgan fingerprint density at radius 1 is 1.20 bits per heavy atom. The number of rotatable bonds is 4. The lowest BCUT2D eigenvalue weighted by molar-refractivity contribution is 0.0177. The van der Waals surface area contributed by atoms with Crippen LogP contribution in [0.2, 0.25) is 0 Å². The maximum atomic E-state index is 2.95. The Kier molecular flexibility index (Phi) is 4.99. The van der Waals surface area contributed by atoms with E-state index in [0.29, 0.717) is 4.08 Å². The van der Waals surface area contributed by atoms with Gasteiger partial charge in [-0.1, -0.05) is 26.7 Å². The molecule has 1 nitrogen and oxygen atoms in total. The van der Waals surface area contributed by atoms with Crippen molar-refractivity contribution >= 4 is 23.5 Å². The molecule has 3 saturated heterocycles. The molecule has 0 aliphatic carbocycles. The number of hydrogen-bond donors (Lipinski definition) is 0. The van der Waals surface area contributed by atoms with Crippen molar-refractivity contribution in [1.82, 2.24) is 4.90 Å². The van der Waals surface area contributed by atoms with Gasteiger partial charge in [0.15, 0.2) is 0 Å². The number of hydrogen-bond acceptors (Lipinski definition) is 3. The van der Waals surface area contributed by atoms with Crippen LogP contribution >= 0.6 is 23.5 Å². The second-order valence-corrected chi connectivity index (χ2v) is 10.4. The van der Waals surface area contributed by atoms with E-state index >= 15 is 0 Å². The number of thioether (sulfide) groups is 2. The first kappa shape index (κ1) is 15.6. The van der Waals surface area contributed by atoms with E-state index in [1.807, 2.05) is 0 Å². The molecule has 20 heavy (non-hydrogen) atoms. The number of piperidine rings is 1. The maximum absolute atomic E-state index is 2.95. The highest BCUT2D eigenvalue weighted by molar-refractivity contribution is 8.21. The summed E-state index contributed by atoms with van der Waals surface area (Å²) in [6.45, 7) is 8.74. The minimum atomic E-state index is 0.512. The standard InChI is InChI=1S/C17H31NS2/c1-4-7-15-13(5-2)12-14(16-8-6-9-18(15)16)17(3)19-10-11-20-17/h13-16H,4-12H2,1-3H3/t13-,14+,15+,16-/m0/s1. The molecule has 3 rings (SSSR count). The van der Waals surface area contributed by atoms with Crippen LogP contribution in [-0.4, -0.2) is 39.1 Å². The summed E-state index contributed by atoms with van der Waals surface area (Å²) in [6, 6.07) is 1.80. The Morgan fingerprint density at radius 3 is 2.60 bits per heavy atom. The molecule has 0 spiro atoms. The lowest BCUT2D eigenvalue weighted by Gasteiger charge is -2.51. The molecule has 0 aromatic carbocycles. The zero-order valence-electron chi connectivity index (χ0n) is 13.4. The third-order valence-corrected chi connectivity index (χ3v) is 9.51. The average Bonchev–Trinajstić information content (AvgIpc) is 3.08. The van der Waals surface area contributed by atoms with Crippen LogP contribution in [0.25, 0.3) is 0 Å². The Morgan fingerprint density at radius 2 is 1.95 bits per heavy atom. The van der Waals surface area contributed by atoms with Crippen molar-refractivity contribution in [3.8, 4) is 0 Å². The van der Waals surface area contributed by atoms with Crippen molar-refractivity contribution in [1.29, 1.82) is 0 Å². The fourth-order valence-corrected chi connectivity index (χ4v) is 8.26. The predicted molar refractivity (Wildman–Crippen MR) is 93.6 cm³/mol. The molecule has 0 amide bonds. The van der Waals surface area contributed by atoms with Gasteiger partial charge in [-0.3, -0.25) is 4.90 Å². The second kappa shape index (κ2) is 6.42. The van der Waals surface area contributed by atoms with Gasteiger partial charge in [-0.05, 0) is 51.0 Å². The van der Waals surface area contributed by atoms with Crippen molar-refractivity contribution in [2.75, 3.05) is 18.1 Å². The molecule has 3 aliphatic rings. The second-order valence-electron chi connectivity index (χ2n) is 7.03. The lowest BCUT2D eigenvalue weighted by Crippen LogP contribution is -2.55. The van der Waals surface area contributed by atoms with Gasteiger partial charge in [-0.25, -0.2) is 0 Å². The lowest BCUT2D eigenvalue weighted by atomic mass is 9.75. The molecular formula is C17H31NS2. The van der Waals surface area contributed by atoms with E-state index in [4.69, 9.17) is 0 Å². The van der Waals surface area contributed by atoms with Crippen molar-refractivity contribution < 1.29 is 0 Å². The average molecular weight is 314 g/mol. The first-order valence-electron chi connectivity index (χ1n) is 8.73. The third kappa shape index (κ3) is 2.67. The van der Waals surface area contributed by atoms with Crippen LogP contribution in [-0.2, 0) is 0 Å². The smallest absolute Gasteiger partial charge is 0.0626 e. The van der Waals surface area contributed by atoms with Crippen LogP contribution in [0.1, 0.15) is 59.3 Å². The monoisotopic (exact) mass is 313 g/mol. The third-order valence-electron chi connectivity index (χ3n) is 5.98. The summed E-state index contributed by atoms with van der Waals surface area (Å²) in [7, 11) is 0. The largest absolute Gasteiger partial charge is 0.297 e. The van der Waals surface area contributed by atoms with Gasteiger partial charge in [0.2, 0.25) is 0 Å². The fraction of sp³-hybridized carbons (Fsp3) is 1.00. The van der Waals surface area contributed by atoms with Crippen LogP contribution in [0.4, 0.5) is 0 Å². The first-order valence-corrected chi connectivity index (χ1v) is 10.7. The van der Waals surface area contributed by atoms with E-state index in [1.54, 1.807) is 0 Å². The van der Waals surface area contributed by atoms with E-state index in [2.05, 4.69) is 49.2 Å². The summed E-state index contributed by atoms with van der Waals surface area (Å²) in [6.07, 6.45) is 8.59. The molecule has 4 atom stereocenters. The van der Waals surface area contributed by atoms with Gasteiger partial charge in [0, 0.05) is 23.6 Å². The van der Waals surface area contributed by atoms with E-state index < -0.39 is 0 Å². The molecule has 3 heterocycles. The molecule has 0 unspecified atom stereocenters. The predicted octanol–water partition coefficient (Wildman–Crippen LogP) is 4.86. The first-order chi connectivity index (χ1) is 9.69. The van der Waals surface area contributed by atoms with E-state index in [1.165, 1.54) is 56.6 Å². The molecule has 3 heteroatoms. The summed E-state index contributed by atoms with van der Waals surface area (Å²) in [5.74, 6) is 4.63. The summed E-state index contributed by atoms with van der Waals surface area (Å²) in [4.78, 5) is 2.95. The molecule has 0 bridgehead atoms. The molecule has 0 N–H and O–H groups in total. The minimum absolute atomic E-state index is 0.512. The van der Waals surface area contributed by atoms with Crippen molar-refractivity contribution in [3.63, 3.8) is 0 Å². The highest BCUT2D eigenvalue weighted by Gasteiger charge is 2.51. The van der Waals surface area contributed by atoms with Gasteiger partial charge >= 0.3 is 0 Å². The highest BCUT2D eigenvalue weighted by atomic mass is 32.2. The Balaban J connectivity index is 1.82. The molecule has 3 aliphatic heterocycles. The fourth-order valence-electron chi connectivity index (χ4n) is 5.01. The summed E-state index contributed by atoms with van der Waals surface area (Å²) in [5, 5.41) is 0. The molecule has 0 aromatic heterocycles. The SMILES string of the molecule is CCC[C@@H]1[C@@H](CC)C[C@@H](C2(C)SCCS2)[C@@H]2CCCN12. The summed E-state index contributed by atoms with van der Waals surface area (Å²) >= 11 is 4.53. The topological polar surface area (TPSA) is 3.24 Å². The van der Waals surface area contributed by atoms with E-state index in [-0.39, 0.29) is 0 Å². The Labute approximate surface area is 134 Å².